The Morgan fingerprint density at radius 2 is 1.94 bits per heavy atom. The van der Waals surface area contributed by atoms with Crippen LogP contribution in [0.25, 0.3) is 0 Å². The van der Waals surface area contributed by atoms with Gasteiger partial charge in [0.2, 0.25) is 0 Å². The molecule has 102 valence electrons. The molecule has 0 saturated carbocycles. The largest absolute Gasteiger partial charge is 0.416 e. The van der Waals surface area contributed by atoms with Gasteiger partial charge in [0.05, 0.1) is 5.56 Å². The lowest BCUT2D eigenvalue weighted by Crippen LogP contribution is -2.24. The van der Waals surface area contributed by atoms with E-state index in [1.165, 1.54) is 0 Å². The average molecular weight is 324 g/mol. The van der Waals surface area contributed by atoms with Gasteiger partial charge in [-0.15, -0.1) is 0 Å². The summed E-state index contributed by atoms with van der Waals surface area (Å²) in [5, 5.41) is 3.15. The minimum Gasteiger partial charge on any atom is -0.310 e. The quantitative estimate of drug-likeness (QED) is 0.811. The van der Waals surface area contributed by atoms with E-state index in [1.54, 1.807) is 12.1 Å². The Kier molecular flexibility index (Phi) is 5.66. The van der Waals surface area contributed by atoms with Crippen LogP contribution in [0.5, 0.6) is 0 Å². The molecule has 5 heteroatoms. The first-order chi connectivity index (χ1) is 8.40. The van der Waals surface area contributed by atoms with Crippen LogP contribution < -0.4 is 5.32 Å². The van der Waals surface area contributed by atoms with Gasteiger partial charge in [0.25, 0.3) is 0 Å². The molecule has 0 fully saturated rings. The SMILES string of the molecule is CCCNC(CC)c1ccc(Br)cc1C(F)(F)F. The van der Waals surface area contributed by atoms with Crippen LogP contribution in [-0.2, 0) is 6.18 Å². The molecule has 1 atom stereocenters. The van der Waals surface area contributed by atoms with Gasteiger partial charge in [0.1, 0.15) is 0 Å². The van der Waals surface area contributed by atoms with Crippen molar-refractivity contribution in [3.63, 3.8) is 0 Å². The molecule has 1 aromatic carbocycles. The third-order valence-corrected chi connectivity index (χ3v) is 3.24. The Hall–Kier alpha value is -0.550. The average Bonchev–Trinajstić information content (AvgIpc) is 2.30. The van der Waals surface area contributed by atoms with Gasteiger partial charge in [0, 0.05) is 10.5 Å². The third kappa shape index (κ3) is 3.99. The second kappa shape index (κ2) is 6.57. The van der Waals surface area contributed by atoms with Crippen LogP contribution in [0.1, 0.15) is 43.9 Å². The highest BCUT2D eigenvalue weighted by Gasteiger charge is 2.35. The summed E-state index contributed by atoms with van der Waals surface area (Å²) in [4.78, 5) is 0. The van der Waals surface area contributed by atoms with Crippen LogP contribution in [0, 0.1) is 0 Å². The molecule has 0 heterocycles. The van der Waals surface area contributed by atoms with E-state index in [9.17, 15) is 13.2 Å². The smallest absolute Gasteiger partial charge is 0.310 e. The molecular formula is C13H17BrF3N. The lowest BCUT2D eigenvalue weighted by Gasteiger charge is -2.22. The fraction of sp³-hybridized carbons (Fsp3) is 0.538. The molecule has 0 saturated heterocycles. The maximum absolute atomic E-state index is 13.0. The van der Waals surface area contributed by atoms with Gasteiger partial charge in [-0.2, -0.15) is 13.2 Å². The highest BCUT2D eigenvalue weighted by Crippen LogP contribution is 2.37. The zero-order chi connectivity index (χ0) is 13.8. The Bertz CT molecular complexity index is 390. The molecular weight excluding hydrogens is 307 g/mol. The van der Waals surface area contributed by atoms with Crippen LogP contribution in [0.3, 0.4) is 0 Å². The Morgan fingerprint density at radius 1 is 1.28 bits per heavy atom. The molecule has 1 nitrogen and oxygen atoms in total. The van der Waals surface area contributed by atoms with Crippen molar-refractivity contribution in [2.75, 3.05) is 6.54 Å². The predicted octanol–water partition coefficient (Wildman–Crippen LogP) is 4.92. The zero-order valence-corrected chi connectivity index (χ0v) is 12.0. The van der Waals surface area contributed by atoms with Crippen molar-refractivity contribution in [3.05, 3.63) is 33.8 Å². The maximum Gasteiger partial charge on any atom is 0.416 e. The van der Waals surface area contributed by atoms with E-state index in [0.717, 1.165) is 12.5 Å². The fourth-order valence-electron chi connectivity index (χ4n) is 1.87. The molecule has 0 spiro atoms. The molecule has 0 aliphatic heterocycles. The van der Waals surface area contributed by atoms with E-state index >= 15 is 0 Å². The summed E-state index contributed by atoms with van der Waals surface area (Å²) in [5.74, 6) is 0. The van der Waals surface area contributed by atoms with Gasteiger partial charge in [0.15, 0.2) is 0 Å². The van der Waals surface area contributed by atoms with Crippen molar-refractivity contribution in [3.8, 4) is 0 Å². The molecule has 1 N–H and O–H groups in total. The van der Waals surface area contributed by atoms with Gasteiger partial charge >= 0.3 is 6.18 Å². The van der Waals surface area contributed by atoms with E-state index < -0.39 is 11.7 Å². The zero-order valence-electron chi connectivity index (χ0n) is 10.4. The summed E-state index contributed by atoms with van der Waals surface area (Å²) in [6, 6.07) is 4.09. The standard InChI is InChI=1S/C13H17BrF3N/c1-3-7-18-12(4-2)10-6-5-9(14)8-11(10)13(15,16)17/h5-6,8,12,18H,3-4,7H2,1-2H3. The van der Waals surface area contributed by atoms with Crippen molar-refractivity contribution in [1.29, 1.82) is 0 Å². The van der Waals surface area contributed by atoms with E-state index in [0.29, 0.717) is 23.0 Å². The second-order valence-electron chi connectivity index (χ2n) is 4.14. The van der Waals surface area contributed by atoms with Crippen molar-refractivity contribution in [2.45, 2.75) is 38.9 Å². The highest BCUT2D eigenvalue weighted by molar-refractivity contribution is 9.10. The molecule has 1 aromatic rings. The van der Waals surface area contributed by atoms with Crippen LogP contribution in [0.4, 0.5) is 13.2 Å². The van der Waals surface area contributed by atoms with Crippen molar-refractivity contribution in [2.24, 2.45) is 0 Å². The number of alkyl halides is 3. The summed E-state index contributed by atoms with van der Waals surface area (Å²) in [6.45, 7) is 4.59. The van der Waals surface area contributed by atoms with Crippen molar-refractivity contribution >= 4 is 15.9 Å². The van der Waals surface area contributed by atoms with Gasteiger partial charge in [-0.05, 0) is 37.1 Å². The van der Waals surface area contributed by atoms with Crippen molar-refractivity contribution < 1.29 is 13.2 Å². The normalized spacial score (nSPS) is 13.7. The number of rotatable bonds is 5. The van der Waals surface area contributed by atoms with Crippen LogP contribution >= 0.6 is 15.9 Å². The third-order valence-electron chi connectivity index (χ3n) is 2.75. The minimum atomic E-state index is -4.32. The van der Waals surface area contributed by atoms with Crippen molar-refractivity contribution in [1.82, 2.24) is 5.32 Å². The molecule has 18 heavy (non-hydrogen) atoms. The molecule has 0 bridgehead atoms. The molecule has 0 radical (unpaired) electrons. The molecule has 0 aromatic heterocycles. The van der Waals surface area contributed by atoms with E-state index in [2.05, 4.69) is 21.2 Å². The lowest BCUT2D eigenvalue weighted by atomic mass is 9.98. The number of halogens is 4. The topological polar surface area (TPSA) is 12.0 Å². The first-order valence-corrected chi connectivity index (χ1v) is 6.79. The molecule has 1 unspecified atom stereocenters. The molecule has 0 amide bonds. The van der Waals surface area contributed by atoms with Crippen LogP contribution in [0.15, 0.2) is 22.7 Å². The van der Waals surface area contributed by atoms with Crippen LogP contribution in [0.2, 0.25) is 0 Å². The number of hydrogen-bond acceptors (Lipinski definition) is 1. The number of nitrogens with one attached hydrogen (secondary N) is 1. The number of benzene rings is 1. The van der Waals surface area contributed by atoms with Gasteiger partial charge < -0.3 is 5.32 Å². The fourth-order valence-corrected chi connectivity index (χ4v) is 2.23. The Morgan fingerprint density at radius 3 is 2.44 bits per heavy atom. The Labute approximate surface area is 114 Å². The maximum atomic E-state index is 13.0. The molecule has 1 rings (SSSR count). The summed E-state index contributed by atoms with van der Waals surface area (Å²) in [6.07, 6.45) is -2.79. The van der Waals surface area contributed by atoms with E-state index in [-0.39, 0.29) is 6.04 Å². The number of hydrogen-bond donors (Lipinski definition) is 1. The summed E-state index contributed by atoms with van der Waals surface area (Å²) >= 11 is 3.09. The summed E-state index contributed by atoms with van der Waals surface area (Å²) < 4.78 is 39.4. The van der Waals surface area contributed by atoms with Gasteiger partial charge in [-0.1, -0.05) is 35.8 Å². The molecule has 0 aliphatic carbocycles. The lowest BCUT2D eigenvalue weighted by molar-refractivity contribution is -0.138. The Balaban J connectivity index is 3.13. The van der Waals surface area contributed by atoms with E-state index in [1.807, 2.05) is 13.8 Å². The summed E-state index contributed by atoms with van der Waals surface area (Å²) in [7, 11) is 0. The van der Waals surface area contributed by atoms with Crippen LogP contribution in [-0.4, -0.2) is 6.54 Å². The highest BCUT2D eigenvalue weighted by atomic mass is 79.9. The van der Waals surface area contributed by atoms with E-state index in [4.69, 9.17) is 0 Å². The van der Waals surface area contributed by atoms with Gasteiger partial charge in [-0.3, -0.25) is 0 Å². The first kappa shape index (κ1) is 15.5. The second-order valence-corrected chi connectivity index (χ2v) is 5.06. The van der Waals surface area contributed by atoms with Gasteiger partial charge in [-0.25, -0.2) is 0 Å². The monoisotopic (exact) mass is 323 g/mol. The predicted molar refractivity (Wildman–Crippen MR) is 70.5 cm³/mol. The summed E-state index contributed by atoms with van der Waals surface area (Å²) in [5.41, 5.74) is -0.242. The minimum absolute atomic E-state index is 0.255. The molecule has 0 aliphatic rings. The first-order valence-electron chi connectivity index (χ1n) is 6.00.